The van der Waals surface area contributed by atoms with Gasteiger partial charge in [0.05, 0.1) is 0 Å². The third-order valence-electron chi connectivity index (χ3n) is 1.40. The molecule has 0 radical (unpaired) electrons. The van der Waals surface area contributed by atoms with Gasteiger partial charge in [-0.1, -0.05) is 24.3 Å². The molecule has 0 saturated heterocycles. The first kappa shape index (κ1) is 7.11. The molecular weight excluding hydrogens is 120 g/mol. The van der Waals surface area contributed by atoms with Crippen molar-refractivity contribution < 1.29 is 0 Å². The fourth-order valence-corrected chi connectivity index (χ4v) is 0.849. The highest BCUT2D eigenvalue weighted by Crippen LogP contribution is 1.98. The van der Waals surface area contributed by atoms with Crippen LogP contribution in [0, 0.1) is 0 Å². The molecule has 0 bridgehead atoms. The average molecular weight is 132 g/mol. The Morgan fingerprint density at radius 1 is 0.900 bits per heavy atom. The highest BCUT2D eigenvalue weighted by Gasteiger charge is 1.79. The molecule has 0 fully saturated rings. The quantitative estimate of drug-likeness (QED) is 0.444. The van der Waals surface area contributed by atoms with E-state index in [9.17, 15) is 0 Å². The lowest BCUT2D eigenvalue weighted by atomic mass is 10.2. The highest BCUT2D eigenvalue weighted by molar-refractivity contribution is 5.09. The molecule has 10 heavy (non-hydrogen) atoms. The van der Waals surface area contributed by atoms with Crippen molar-refractivity contribution in [2.75, 3.05) is 0 Å². The Kier molecular flexibility index (Phi) is 3.44. The summed E-state index contributed by atoms with van der Waals surface area (Å²) in [5, 5.41) is 0. The van der Waals surface area contributed by atoms with Crippen LogP contribution in [0.4, 0.5) is 0 Å². The van der Waals surface area contributed by atoms with Crippen LogP contribution in [0.3, 0.4) is 0 Å². The minimum Gasteiger partial charge on any atom is -0.121 e. The maximum absolute atomic E-state index is 3.03. The molecule has 52 valence electrons. The maximum atomic E-state index is 3.03. The summed E-state index contributed by atoms with van der Waals surface area (Å²) >= 11 is 0. The van der Waals surface area contributed by atoms with Gasteiger partial charge in [-0.2, -0.15) is 0 Å². The normalized spacial score (nSPS) is 24.0. The molecule has 0 heteroatoms. The van der Waals surface area contributed by atoms with Gasteiger partial charge in [-0.15, -0.1) is 5.73 Å². The molecule has 0 saturated carbocycles. The first-order valence-corrected chi connectivity index (χ1v) is 3.73. The van der Waals surface area contributed by atoms with Gasteiger partial charge in [0, 0.05) is 0 Å². The van der Waals surface area contributed by atoms with E-state index in [4.69, 9.17) is 0 Å². The van der Waals surface area contributed by atoms with Gasteiger partial charge in [0.25, 0.3) is 0 Å². The van der Waals surface area contributed by atoms with Crippen LogP contribution in [0.15, 0.2) is 42.2 Å². The fourth-order valence-electron chi connectivity index (χ4n) is 0.849. The summed E-state index contributed by atoms with van der Waals surface area (Å²) in [6.07, 6.45) is 16.0. The summed E-state index contributed by atoms with van der Waals surface area (Å²) in [6, 6.07) is 0. The van der Waals surface area contributed by atoms with Gasteiger partial charge in [0.15, 0.2) is 0 Å². The minimum absolute atomic E-state index is 1.18. The Balaban J connectivity index is 2.56. The Labute approximate surface area is 62.3 Å². The molecule has 0 spiro atoms. The van der Waals surface area contributed by atoms with E-state index >= 15 is 0 Å². The lowest BCUT2D eigenvalue weighted by Gasteiger charge is -1.88. The third kappa shape index (κ3) is 3.11. The van der Waals surface area contributed by atoms with Crippen molar-refractivity contribution >= 4 is 0 Å². The SMILES string of the molecule is C1=C/C=C/CCC/C=C/C=1. The zero-order valence-electron chi connectivity index (χ0n) is 6.09. The second kappa shape index (κ2) is 4.84. The van der Waals surface area contributed by atoms with Gasteiger partial charge in [-0.25, -0.2) is 0 Å². The summed E-state index contributed by atoms with van der Waals surface area (Å²) in [6.45, 7) is 0. The van der Waals surface area contributed by atoms with Crippen molar-refractivity contribution in [2.24, 2.45) is 0 Å². The lowest BCUT2D eigenvalue weighted by Crippen LogP contribution is -1.68. The third-order valence-corrected chi connectivity index (χ3v) is 1.40. The van der Waals surface area contributed by atoms with E-state index in [1.165, 1.54) is 19.3 Å². The van der Waals surface area contributed by atoms with Crippen LogP contribution in [0.5, 0.6) is 0 Å². The van der Waals surface area contributed by atoms with E-state index in [1.54, 1.807) is 0 Å². The van der Waals surface area contributed by atoms with Crippen LogP contribution < -0.4 is 0 Å². The van der Waals surface area contributed by atoms with Crippen LogP contribution in [0.1, 0.15) is 19.3 Å². The molecular formula is C10H12. The van der Waals surface area contributed by atoms with E-state index in [2.05, 4.69) is 30.0 Å². The molecule has 0 amide bonds. The molecule has 0 aromatic carbocycles. The average Bonchev–Trinajstić information content (AvgIpc) is 2.01. The highest BCUT2D eigenvalue weighted by atomic mass is 13.8. The predicted molar refractivity (Wildman–Crippen MR) is 44.8 cm³/mol. The Morgan fingerprint density at radius 3 is 2.10 bits per heavy atom. The largest absolute Gasteiger partial charge is 0.121 e. The maximum Gasteiger partial charge on any atom is -0.0203 e. The Morgan fingerprint density at radius 2 is 1.50 bits per heavy atom. The minimum atomic E-state index is 1.18. The van der Waals surface area contributed by atoms with Crippen LogP contribution >= 0.6 is 0 Å². The molecule has 0 nitrogen and oxygen atoms in total. The molecule has 1 aliphatic rings. The zero-order valence-corrected chi connectivity index (χ0v) is 6.09. The molecule has 0 aromatic heterocycles. The smallest absolute Gasteiger partial charge is 0.0203 e. The van der Waals surface area contributed by atoms with Crippen molar-refractivity contribution in [2.45, 2.75) is 19.3 Å². The molecule has 1 aliphatic carbocycles. The van der Waals surface area contributed by atoms with Crippen molar-refractivity contribution in [1.82, 2.24) is 0 Å². The van der Waals surface area contributed by atoms with Crippen LogP contribution in [-0.4, -0.2) is 0 Å². The van der Waals surface area contributed by atoms with Crippen molar-refractivity contribution in [1.29, 1.82) is 0 Å². The molecule has 0 unspecified atom stereocenters. The van der Waals surface area contributed by atoms with Crippen LogP contribution in [-0.2, 0) is 0 Å². The fraction of sp³-hybridized carbons (Fsp3) is 0.300. The zero-order chi connectivity index (χ0) is 7.07. The van der Waals surface area contributed by atoms with Gasteiger partial charge in [0.1, 0.15) is 0 Å². The summed E-state index contributed by atoms with van der Waals surface area (Å²) in [7, 11) is 0. The van der Waals surface area contributed by atoms with Crippen molar-refractivity contribution in [3.8, 4) is 0 Å². The number of hydrogen-bond acceptors (Lipinski definition) is 0. The second-order valence-electron chi connectivity index (χ2n) is 2.29. The van der Waals surface area contributed by atoms with Crippen molar-refractivity contribution in [3.63, 3.8) is 0 Å². The molecule has 0 aromatic rings. The van der Waals surface area contributed by atoms with Gasteiger partial charge < -0.3 is 0 Å². The first-order chi connectivity index (χ1) is 5.00. The van der Waals surface area contributed by atoms with Crippen LogP contribution in [0.2, 0.25) is 0 Å². The second-order valence-corrected chi connectivity index (χ2v) is 2.29. The summed E-state index contributed by atoms with van der Waals surface area (Å²) in [4.78, 5) is 0. The van der Waals surface area contributed by atoms with Gasteiger partial charge in [0.2, 0.25) is 0 Å². The standard InChI is InChI=1S/C10H12/c1-2-4-6-8-10-9-7-5-3-1/h1-3,7,9-10H,4,6,8H2/b2-1+,10-9+. The Bertz CT molecular complexity index is 170. The number of allylic oxidation sites excluding steroid dienone is 5. The monoisotopic (exact) mass is 132 g/mol. The van der Waals surface area contributed by atoms with Crippen molar-refractivity contribution in [3.05, 3.63) is 42.2 Å². The summed E-state index contributed by atoms with van der Waals surface area (Å²) in [5.74, 6) is 0. The molecule has 0 aliphatic heterocycles. The lowest BCUT2D eigenvalue weighted by molar-refractivity contribution is 0.868. The van der Waals surface area contributed by atoms with E-state index < -0.39 is 0 Å². The van der Waals surface area contributed by atoms with E-state index in [0.29, 0.717) is 0 Å². The molecule has 0 heterocycles. The Hall–Kier alpha value is -1.00. The molecule has 0 N–H and O–H groups in total. The molecule has 1 rings (SSSR count). The van der Waals surface area contributed by atoms with Crippen LogP contribution in [0.25, 0.3) is 0 Å². The summed E-state index contributed by atoms with van der Waals surface area (Å²) in [5.41, 5.74) is 3.03. The predicted octanol–water partition coefficient (Wildman–Crippen LogP) is 2.99. The van der Waals surface area contributed by atoms with E-state index in [0.717, 1.165) is 0 Å². The van der Waals surface area contributed by atoms with Gasteiger partial charge >= 0.3 is 0 Å². The van der Waals surface area contributed by atoms with E-state index in [-0.39, 0.29) is 0 Å². The number of rotatable bonds is 0. The van der Waals surface area contributed by atoms with E-state index in [1.807, 2.05) is 12.2 Å². The number of hydrogen-bond donors (Lipinski definition) is 0. The summed E-state index contributed by atoms with van der Waals surface area (Å²) < 4.78 is 0. The van der Waals surface area contributed by atoms with Gasteiger partial charge in [-0.05, 0) is 31.4 Å². The van der Waals surface area contributed by atoms with Gasteiger partial charge in [-0.3, -0.25) is 0 Å². The first-order valence-electron chi connectivity index (χ1n) is 3.73. The topological polar surface area (TPSA) is 0 Å². The molecule has 0 atom stereocenters.